The molecule has 7 heteroatoms. The largest absolute Gasteiger partial charge is 0.457 e. The molecule has 0 radical (unpaired) electrons. The molecule has 3 aromatic rings. The second-order valence-corrected chi connectivity index (χ2v) is 9.30. The van der Waals surface area contributed by atoms with Crippen LogP contribution in [0, 0.1) is 11.7 Å². The summed E-state index contributed by atoms with van der Waals surface area (Å²) >= 11 is 0. The maximum Gasteiger partial charge on any atom is 0.332 e. The molecule has 0 saturated heterocycles. The number of H-pyrrole nitrogens is 1. The number of carbonyl (C=O) groups excluding carboxylic acids is 1. The van der Waals surface area contributed by atoms with Gasteiger partial charge < -0.3 is 19.8 Å². The molecule has 0 fully saturated rings. The first-order chi connectivity index (χ1) is 18.4. The van der Waals surface area contributed by atoms with Crippen LogP contribution in [-0.4, -0.2) is 48.3 Å². The molecule has 188 valence electrons. The van der Waals surface area contributed by atoms with Gasteiger partial charge in [-0.05, 0) is 73.6 Å². The van der Waals surface area contributed by atoms with E-state index in [-0.39, 0.29) is 24.4 Å². The number of hydrogen-bond donors (Lipinski definition) is 2. The SMILES string of the molecule is [2H]C1([2H])c2cc(F)ccc2[C@H](C(C)C)[C@](CCNCCCc2nc3ccccc3[nH]2)(OC(=O)COC)C1([2H])[2H]. The Morgan fingerprint density at radius 1 is 1.31 bits per heavy atom. The van der Waals surface area contributed by atoms with Crippen LogP contribution < -0.4 is 5.32 Å². The van der Waals surface area contributed by atoms with Crippen LogP contribution in [-0.2, 0) is 27.1 Å². The number of aromatic amines is 1. The Morgan fingerprint density at radius 3 is 2.91 bits per heavy atom. The zero-order valence-corrected chi connectivity index (χ0v) is 20.5. The quantitative estimate of drug-likeness (QED) is 0.298. The molecule has 0 amide bonds. The number of aromatic nitrogens is 2. The molecule has 1 heterocycles. The maximum absolute atomic E-state index is 14.2. The number of ether oxygens (including phenoxy) is 2. The predicted molar refractivity (Wildman–Crippen MR) is 135 cm³/mol. The van der Waals surface area contributed by atoms with Gasteiger partial charge in [0.2, 0.25) is 0 Å². The van der Waals surface area contributed by atoms with Gasteiger partial charge in [-0.1, -0.05) is 32.0 Å². The smallest absolute Gasteiger partial charge is 0.332 e. The standard InChI is InChI=1S/C28H36FN3O3/c1-19(2)27-22-11-10-21(29)17-20(22)12-13-28(27,35-26(33)18-34-3)14-16-30-15-6-9-25-31-23-7-4-5-8-24(23)32-25/h4-5,7-8,10-11,17,19,27,30H,6,9,12-16,18H2,1-3H3,(H,31,32)/t27-,28-/m0/s1/i12D2,13D2. The van der Waals surface area contributed by atoms with Gasteiger partial charge in [0.15, 0.2) is 0 Å². The molecule has 1 aliphatic rings. The number of halogens is 1. The van der Waals surface area contributed by atoms with Crippen LogP contribution in [0.5, 0.6) is 0 Å². The molecular formula is C28H36FN3O3. The first-order valence-electron chi connectivity index (χ1n) is 14.1. The lowest BCUT2D eigenvalue weighted by atomic mass is 9.65. The summed E-state index contributed by atoms with van der Waals surface area (Å²) in [6.45, 7) is 4.22. The van der Waals surface area contributed by atoms with Gasteiger partial charge in [-0.3, -0.25) is 0 Å². The van der Waals surface area contributed by atoms with Gasteiger partial charge in [0.1, 0.15) is 23.8 Å². The third kappa shape index (κ3) is 5.90. The van der Waals surface area contributed by atoms with E-state index in [1.54, 1.807) is 0 Å². The lowest BCUT2D eigenvalue weighted by Crippen LogP contribution is -2.49. The third-order valence-corrected chi connectivity index (χ3v) is 6.37. The number of aryl methyl sites for hydroxylation is 2. The van der Waals surface area contributed by atoms with Gasteiger partial charge >= 0.3 is 5.97 Å². The number of fused-ring (bicyclic) bond motifs is 2. The van der Waals surface area contributed by atoms with Gasteiger partial charge in [0.25, 0.3) is 0 Å². The molecule has 0 unspecified atom stereocenters. The van der Waals surface area contributed by atoms with Crippen molar-refractivity contribution in [3.63, 3.8) is 0 Å². The molecule has 1 aliphatic carbocycles. The number of nitrogens with zero attached hydrogens (tertiary/aromatic N) is 1. The number of imidazole rings is 1. The molecule has 6 nitrogen and oxygen atoms in total. The predicted octanol–water partition coefficient (Wildman–Crippen LogP) is 4.93. The second kappa shape index (κ2) is 11.3. The highest BCUT2D eigenvalue weighted by atomic mass is 19.1. The first kappa shape index (κ1) is 20.4. The summed E-state index contributed by atoms with van der Waals surface area (Å²) in [6.07, 6.45) is -3.80. The highest BCUT2D eigenvalue weighted by Gasteiger charge is 2.47. The van der Waals surface area contributed by atoms with Crippen LogP contribution in [0.25, 0.3) is 11.0 Å². The molecule has 1 aromatic heterocycles. The van der Waals surface area contributed by atoms with Crippen LogP contribution in [0.1, 0.15) is 61.4 Å². The van der Waals surface area contributed by atoms with E-state index in [1.165, 1.54) is 19.2 Å². The van der Waals surface area contributed by atoms with Crippen molar-refractivity contribution in [3.8, 4) is 0 Å². The van der Waals surface area contributed by atoms with Crippen molar-refractivity contribution in [2.45, 2.75) is 57.4 Å². The zero-order valence-electron chi connectivity index (χ0n) is 24.5. The van der Waals surface area contributed by atoms with E-state index in [4.69, 9.17) is 15.0 Å². The minimum atomic E-state index is -2.67. The number of methoxy groups -OCH3 is 1. The molecule has 35 heavy (non-hydrogen) atoms. The Morgan fingerprint density at radius 2 is 2.14 bits per heavy atom. The van der Waals surface area contributed by atoms with Gasteiger partial charge in [0.05, 0.1) is 11.0 Å². The van der Waals surface area contributed by atoms with Gasteiger partial charge in [0, 0.05) is 31.4 Å². The van der Waals surface area contributed by atoms with E-state index in [0.29, 0.717) is 18.5 Å². The van der Waals surface area contributed by atoms with Crippen molar-refractivity contribution >= 4 is 17.0 Å². The van der Waals surface area contributed by atoms with Crippen molar-refractivity contribution in [2.24, 2.45) is 5.92 Å². The molecule has 0 bridgehead atoms. The van der Waals surface area contributed by atoms with E-state index >= 15 is 0 Å². The topological polar surface area (TPSA) is 76.2 Å². The zero-order chi connectivity index (χ0) is 28.4. The Labute approximate surface area is 212 Å². The fraction of sp³-hybridized carbons (Fsp3) is 0.500. The molecule has 0 spiro atoms. The lowest BCUT2D eigenvalue weighted by Gasteiger charge is -2.46. The molecule has 2 aromatic carbocycles. The highest BCUT2D eigenvalue weighted by molar-refractivity contribution is 5.74. The van der Waals surface area contributed by atoms with Crippen LogP contribution in [0.2, 0.25) is 0 Å². The number of para-hydroxylation sites is 2. The Bertz CT molecular complexity index is 1280. The summed E-state index contributed by atoms with van der Waals surface area (Å²) in [4.78, 5) is 20.7. The van der Waals surface area contributed by atoms with Crippen molar-refractivity contribution in [1.82, 2.24) is 15.3 Å². The Kier molecular flexibility index (Phi) is 6.60. The van der Waals surface area contributed by atoms with E-state index in [0.717, 1.165) is 29.3 Å². The number of rotatable bonds is 11. The Hall–Kier alpha value is -2.77. The van der Waals surface area contributed by atoms with Gasteiger partial charge in [-0.2, -0.15) is 0 Å². The molecule has 2 N–H and O–H groups in total. The van der Waals surface area contributed by atoms with Gasteiger partial charge in [-0.25, -0.2) is 14.2 Å². The first-order valence-corrected chi connectivity index (χ1v) is 12.1. The van der Waals surface area contributed by atoms with E-state index in [9.17, 15) is 9.18 Å². The summed E-state index contributed by atoms with van der Waals surface area (Å²) in [5, 5.41) is 3.31. The molecule has 0 aliphatic heterocycles. The monoisotopic (exact) mass is 485 g/mol. The molecule has 4 rings (SSSR count). The van der Waals surface area contributed by atoms with E-state index < -0.39 is 42.7 Å². The molecule has 0 saturated carbocycles. The fourth-order valence-electron chi connectivity index (χ4n) is 4.92. The van der Waals surface area contributed by atoms with Crippen LogP contribution in [0.3, 0.4) is 0 Å². The van der Waals surface area contributed by atoms with Gasteiger partial charge in [-0.15, -0.1) is 0 Å². The average Bonchev–Trinajstić information content (AvgIpc) is 3.28. The summed E-state index contributed by atoms with van der Waals surface area (Å²) in [7, 11) is 1.34. The van der Waals surface area contributed by atoms with Crippen molar-refractivity contribution < 1.29 is 24.1 Å². The lowest BCUT2D eigenvalue weighted by molar-refractivity contribution is -0.171. The number of nitrogens with one attached hydrogen (secondary N) is 2. The summed E-state index contributed by atoms with van der Waals surface area (Å²) in [5.74, 6) is -1.51. The number of benzene rings is 2. The number of hydrogen-bond acceptors (Lipinski definition) is 5. The second-order valence-electron chi connectivity index (χ2n) is 9.30. The van der Waals surface area contributed by atoms with E-state index in [1.807, 2.05) is 38.1 Å². The molecule has 2 atom stereocenters. The molecular weight excluding hydrogens is 445 g/mol. The average molecular weight is 486 g/mol. The normalized spacial score (nSPS) is 24.3. The third-order valence-electron chi connectivity index (χ3n) is 6.37. The highest BCUT2D eigenvalue weighted by Crippen LogP contribution is 2.48. The maximum atomic E-state index is 14.2. The number of esters is 1. The van der Waals surface area contributed by atoms with Crippen LogP contribution in [0.4, 0.5) is 4.39 Å². The summed E-state index contributed by atoms with van der Waals surface area (Å²) < 4.78 is 60.8. The minimum Gasteiger partial charge on any atom is -0.457 e. The fourth-order valence-corrected chi connectivity index (χ4v) is 4.92. The number of carbonyl (C=O) groups is 1. The van der Waals surface area contributed by atoms with Crippen molar-refractivity contribution in [3.05, 3.63) is 65.2 Å². The summed E-state index contributed by atoms with van der Waals surface area (Å²) in [6, 6.07) is 11.6. The van der Waals surface area contributed by atoms with Crippen molar-refractivity contribution in [2.75, 3.05) is 26.8 Å². The van der Waals surface area contributed by atoms with E-state index in [2.05, 4.69) is 15.3 Å². The summed E-state index contributed by atoms with van der Waals surface area (Å²) in [5.41, 5.74) is 0.421. The van der Waals surface area contributed by atoms with Crippen LogP contribution in [0.15, 0.2) is 42.5 Å². The Balaban J connectivity index is 1.57. The van der Waals surface area contributed by atoms with Crippen LogP contribution >= 0.6 is 0 Å². The minimum absolute atomic E-state index is 0.0132. The van der Waals surface area contributed by atoms with Crippen molar-refractivity contribution in [1.29, 1.82) is 0 Å².